The molecule has 2 N–H and O–H groups in total. The van der Waals surface area contributed by atoms with E-state index in [1.165, 1.54) is 48.5 Å². The van der Waals surface area contributed by atoms with E-state index >= 15 is 0 Å². The fraction of sp³-hybridized carbons (Fsp3) is 0.176. The van der Waals surface area contributed by atoms with Crippen molar-refractivity contribution in [1.82, 2.24) is 10.1 Å². The molecule has 278 valence electrons. The Morgan fingerprint density at radius 1 is 0.500 bits per heavy atom. The quantitative estimate of drug-likeness (QED) is 0.333. The van der Waals surface area contributed by atoms with Crippen molar-refractivity contribution in [3.05, 3.63) is 84.0 Å². The van der Waals surface area contributed by atoms with Gasteiger partial charge in [-0.1, -0.05) is 12.1 Å². The number of carboxylic acid groups (broad SMARTS) is 2. The zero-order chi connectivity index (χ0) is 39.7. The number of hydrogen-bond donors (Lipinski definition) is 2. The molecule has 20 nitrogen and oxygen atoms in total. The van der Waals surface area contributed by atoms with Crippen LogP contribution in [-0.4, -0.2) is 91.5 Å². The number of carbonyl (C=O) groups is 12. The lowest BCUT2D eigenvalue weighted by Gasteiger charge is -2.16. The van der Waals surface area contributed by atoms with E-state index in [-0.39, 0.29) is 61.0 Å². The molecule has 0 spiro atoms. The fourth-order valence-corrected chi connectivity index (χ4v) is 4.65. The monoisotopic (exact) mass is 746 g/mol. The van der Waals surface area contributed by atoms with E-state index in [1.54, 1.807) is 0 Å². The molecule has 2 aromatic rings. The van der Waals surface area contributed by atoms with Gasteiger partial charge in [0.05, 0.1) is 35.3 Å². The van der Waals surface area contributed by atoms with E-state index < -0.39 is 71.1 Å². The van der Waals surface area contributed by atoms with Gasteiger partial charge in [-0.15, -0.1) is 10.1 Å². The number of rotatable bonds is 9. The van der Waals surface area contributed by atoms with Gasteiger partial charge in [0.15, 0.2) is 0 Å². The lowest BCUT2D eigenvalue weighted by molar-refractivity contribution is -0.173. The standard InChI is InChI=1S/2C15H10N2O6.C4H6O4/c2*18-11-4-5-12(19)16(11)10-3-1-2-9(8-10)15(22)23-17-13(20)6-7-14(17)21;5-3(6)1-2-4(7)8/h2*1-5,8H,6-7H2;1-2H2,(H,5,6)(H,7,8). The van der Waals surface area contributed by atoms with Gasteiger partial charge in [-0.25, -0.2) is 19.4 Å². The van der Waals surface area contributed by atoms with Crippen LogP contribution < -0.4 is 9.80 Å². The number of anilines is 2. The van der Waals surface area contributed by atoms with Gasteiger partial charge in [0.1, 0.15) is 0 Å². The Hall–Kier alpha value is -7.64. The van der Waals surface area contributed by atoms with Gasteiger partial charge in [-0.3, -0.25) is 47.9 Å². The normalized spacial score (nSPS) is 16.1. The third kappa shape index (κ3) is 9.57. The van der Waals surface area contributed by atoms with E-state index in [2.05, 4.69) is 0 Å². The van der Waals surface area contributed by atoms with E-state index in [0.29, 0.717) is 10.1 Å². The van der Waals surface area contributed by atoms with Gasteiger partial charge >= 0.3 is 23.9 Å². The van der Waals surface area contributed by atoms with E-state index in [9.17, 15) is 57.5 Å². The first kappa shape index (κ1) is 39.2. The average Bonchev–Trinajstić information content (AvgIpc) is 3.86. The summed E-state index contributed by atoms with van der Waals surface area (Å²) >= 11 is 0. The lowest BCUT2D eigenvalue weighted by Crippen LogP contribution is -2.32. The van der Waals surface area contributed by atoms with Gasteiger partial charge < -0.3 is 19.9 Å². The Balaban J connectivity index is 0.000000201. The Morgan fingerprint density at radius 3 is 1.07 bits per heavy atom. The van der Waals surface area contributed by atoms with Crippen molar-refractivity contribution in [2.24, 2.45) is 0 Å². The molecule has 0 aromatic heterocycles. The molecular weight excluding hydrogens is 720 g/mol. The number of imide groups is 4. The molecule has 8 amide bonds. The Labute approximate surface area is 302 Å². The van der Waals surface area contributed by atoms with E-state index in [4.69, 9.17) is 19.9 Å². The van der Waals surface area contributed by atoms with Crippen LogP contribution in [-0.2, 0) is 57.6 Å². The molecule has 54 heavy (non-hydrogen) atoms. The minimum atomic E-state index is -1.08. The first-order valence-corrected chi connectivity index (χ1v) is 15.5. The first-order valence-electron chi connectivity index (χ1n) is 15.5. The van der Waals surface area contributed by atoms with Gasteiger partial charge in [0.2, 0.25) is 0 Å². The second-order valence-electron chi connectivity index (χ2n) is 11.0. The number of hydroxylamine groups is 4. The maximum Gasteiger partial charge on any atom is 0.363 e. The molecule has 6 rings (SSSR count). The summed E-state index contributed by atoms with van der Waals surface area (Å²) in [5.74, 6) is -8.46. The van der Waals surface area contributed by atoms with Crippen molar-refractivity contribution in [2.75, 3.05) is 9.80 Å². The predicted molar refractivity (Wildman–Crippen MR) is 174 cm³/mol. The molecule has 0 unspecified atom stereocenters. The molecule has 4 heterocycles. The number of hydrogen-bond acceptors (Lipinski definition) is 14. The average molecular weight is 747 g/mol. The number of carbonyl (C=O) groups excluding carboxylic acids is 10. The van der Waals surface area contributed by atoms with Gasteiger partial charge in [-0.2, -0.15) is 0 Å². The lowest BCUT2D eigenvalue weighted by atomic mass is 10.2. The van der Waals surface area contributed by atoms with Crippen LogP contribution in [0.25, 0.3) is 0 Å². The topological polar surface area (TPSA) is 277 Å². The second-order valence-corrected chi connectivity index (χ2v) is 11.0. The Bertz CT molecular complexity index is 1850. The van der Waals surface area contributed by atoms with Crippen LogP contribution in [0.15, 0.2) is 72.8 Å². The summed E-state index contributed by atoms with van der Waals surface area (Å²) < 4.78 is 0. The van der Waals surface area contributed by atoms with Crippen LogP contribution in [0.2, 0.25) is 0 Å². The van der Waals surface area contributed by atoms with Gasteiger partial charge in [0, 0.05) is 50.0 Å². The molecule has 20 heteroatoms. The number of benzene rings is 2. The maximum absolute atomic E-state index is 12.0. The van der Waals surface area contributed by atoms with Crippen LogP contribution in [0, 0.1) is 0 Å². The number of nitrogens with zero attached hydrogens (tertiary/aromatic N) is 4. The molecule has 0 atom stereocenters. The summed E-state index contributed by atoms with van der Waals surface area (Å²) in [6.45, 7) is 0. The zero-order valence-corrected chi connectivity index (χ0v) is 27.6. The number of aliphatic carboxylic acids is 2. The third-order valence-electron chi connectivity index (χ3n) is 7.21. The van der Waals surface area contributed by atoms with Gasteiger partial charge in [-0.05, 0) is 36.4 Å². The van der Waals surface area contributed by atoms with E-state index in [1.807, 2.05) is 0 Å². The van der Waals surface area contributed by atoms with Crippen molar-refractivity contribution < 1.29 is 77.4 Å². The summed E-state index contributed by atoms with van der Waals surface area (Å²) in [6.07, 6.45) is 3.87. The minimum absolute atomic E-state index is 0.00231. The summed E-state index contributed by atoms with van der Waals surface area (Å²) in [6, 6.07) is 11.2. The number of amides is 8. The molecule has 0 aliphatic carbocycles. The summed E-state index contributed by atoms with van der Waals surface area (Å²) in [5.41, 5.74) is 0.391. The molecule has 4 aliphatic heterocycles. The highest BCUT2D eigenvalue weighted by Crippen LogP contribution is 2.23. The fourth-order valence-electron chi connectivity index (χ4n) is 4.65. The van der Waals surface area contributed by atoms with E-state index in [0.717, 1.165) is 34.1 Å². The number of carboxylic acids is 2. The minimum Gasteiger partial charge on any atom is -0.481 e. The van der Waals surface area contributed by atoms with Crippen LogP contribution >= 0.6 is 0 Å². The molecule has 0 radical (unpaired) electrons. The molecule has 2 fully saturated rings. The smallest absolute Gasteiger partial charge is 0.363 e. The third-order valence-corrected chi connectivity index (χ3v) is 7.21. The first-order chi connectivity index (χ1) is 25.6. The zero-order valence-electron chi connectivity index (χ0n) is 27.6. The molecule has 2 aromatic carbocycles. The van der Waals surface area contributed by atoms with Crippen molar-refractivity contribution in [2.45, 2.75) is 38.5 Å². The Kier molecular flexibility index (Phi) is 12.4. The highest BCUT2D eigenvalue weighted by molar-refractivity contribution is 6.29. The summed E-state index contributed by atoms with van der Waals surface area (Å²) in [5, 5.41) is 16.7. The van der Waals surface area contributed by atoms with Crippen LogP contribution in [0.4, 0.5) is 11.4 Å². The van der Waals surface area contributed by atoms with Gasteiger partial charge in [0.25, 0.3) is 47.3 Å². The van der Waals surface area contributed by atoms with Crippen LogP contribution in [0.3, 0.4) is 0 Å². The predicted octanol–water partition coefficient (Wildman–Crippen LogP) is 0.609. The van der Waals surface area contributed by atoms with Crippen molar-refractivity contribution in [3.63, 3.8) is 0 Å². The summed E-state index contributed by atoms with van der Waals surface area (Å²) in [7, 11) is 0. The van der Waals surface area contributed by atoms with Crippen LogP contribution in [0.5, 0.6) is 0 Å². The van der Waals surface area contributed by atoms with Crippen molar-refractivity contribution in [1.29, 1.82) is 0 Å². The maximum atomic E-state index is 12.0. The second kappa shape index (κ2) is 17.0. The van der Waals surface area contributed by atoms with Crippen molar-refractivity contribution in [3.8, 4) is 0 Å². The van der Waals surface area contributed by atoms with Crippen molar-refractivity contribution >= 4 is 82.5 Å². The Morgan fingerprint density at radius 2 is 0.796 bits per heavy atom. The molecule has 0 bridgehead atoms. The molecule has 2 saturated heterocycles. The highest BCUT2D eigenvalue weighted by atomic mass is 16.7. The molecular formula is C34H26N4O16. The molecule has 0 saturated carbocycles. The SMILES string of the molecule is O=C(O)CCC(=O)O.O=C(ON1C(=O)CCC1=O)c1cccc(N2C(=O)C=CC2=O)c1.O=C(ON1C(=O)CCC1=O)c1cccc(N2C(=O)C=CC2=O)c1. The highest BCUT2D eigenvalue weighted by Gasteiger charge is 2.35. The summed E-state index contributed by atoms with van der Waals surface area (Å²) in [4.78, 5) is 147. The molecule has 4 aliphatic rings. The largest absolute Gasteiger partial charge is 0.481 e. The van der Waals surface area contributed by atoms with Crippen LogP contribution in [0.1, 0.15) is 59.2 Å².